The number of fused-ring (bicyclic) bond motifs is 2. The fraction of sp³-hybridized carbons (Fsp3) is 0.318. The molecule has 2 amide bonds. The molecule has 0 aliphatic rings. The van der Waals surface area contributed by atoms with Crippen LogP contribution in [0.5, 0.6) is 5.75 Å². The number of amides is 2. The number of rotatable bonds is 6. The van der Waals surface area contributed by atoms with Gasteiger partial charge in [-0.1, -0.05) is 13.8 Å². The van der Waals surface area contributed by atoms with Crippen molar-refractivity contribution in [2.45, 2.75) is 19.9 Å². The standard InChI is InChI=1S/C22H24N2O6/c1-12(2)17(11-29-22(27)23-3)24-21(26)13-5-8-18-16(9-13)20(25)15-7-6-14(28-4)10-19(15)30-18/h5-10,12,17H,11H2,1-4H3,(H,23,27)(H,24,26). The van der Waals surface area contributed by atoms with Crippen molar-refractivity contribution in [1.29, 1.82) is 0 Å². The lowest BCUT2D eigenvalue weighted by molar-refractivity contribution is 0.0865. The van der Waals surface area contributed by atoms with Gasteiger partial charge in [0.05, 0.1) is 23.9 Å². The quantitative estimate of drug-likeness (QED) is 0.603. The van der Waals surface area contributed by atoms with E-state index in [9.17, 15) is 14.4 Å². The second kappa shape index (κ2) is 8.86. The Morgan fingerprint density at radius 1 is 1.07 bits per heavy atom. The van der Waals surface area contributed by atoms with Crippen LogP contribution < -0.4 is 20.8 Å². The van der Waals surface area contributed by atoms with Gasteiger partial charge >= 0.3 is 6.09 Å². The van der Waals surface area contributed by atoms with Crippen LogP contribution in [-0.4, -0.2) is 38.8 Å². The van der Waals surface area contributed by atoms with Crippen LogP contribution in [0, 0.1) is 5.92 Å². The third-order valence-corrected chi connectivity index (χ3v) is 4.86. The molecule has 0 spiro atoms. The van der Waals surface area contributed by atoms with E-state index in [1.165, 1.54) is 20.2 Å². The van der Waals surface area contributed by atoms with Crippen LogP contribution in [-0.2, 0) is 4.74 Å². The van der Waals surface area contributed by atoms with E-state index in [1.807, 2.05) is 13.8 Å². The molecule has 3 aromatic rings. The molecule has 30 heavy (non-hydrogen) atoms. The van der Waals surface area contributed by atoms with Gasteiger partial charge in [0.1, 0.15) is 23.5 Å². The summed E-state index contributed by atoms with van der Waals surface area (Å²) in [5.74, 6) is 0.244. The number of hydrogen-bond acceptors (Lipinski definition) is 6. The van der Waals surface area contributed by atoms with Gasteiger partial charge in [-0.3, -0.25) is 9.59 Å². The highest BCUT2D eigenvalue weighted by atomic mass is 16.5. The first-order valence-corrected chi connectivity index (χ1v) is 9.54. The van der Waals surface area contributed by atoms with E-state index in [-0.39, 0.29) is 29.9 Å². The molecule has 0 bridgehead atoms. The van der Waals surface area contributed by atoms with Crippen molar-refractivity contribution in [2.75, 3.05) is 20.8 Å². The molecule has 0 radical (unpaired) electrons. The molecule has 0 saturated heterocycles. The van der Waals surface area contributed by atoms with Crippen molar-refractivity contribution in [2.24, 2.45) is 5.92 Å². The van der Waals surface area contributed by atoms with Gasteiger partial charge in [-0.25, -0.2) is 4.79 Å². The average molecular weight is 412 g/mol. The molecular formula is C22H24N2O6. The smallest absolute Gasteiger partial charge is 0.406 e. The summed E-state index contributed by atoms with van der Waals surface area (Å²) in [7, 11) is 3.00. The summed E-state index contributed by atoms with van der Waals surface area (Å²) in [5.41, 5.74) is 0.871. The van der Waals surface area contributed by atoms with Gasteiger partial charge in [-0.05, 0) is 36.2 Å². The predicted molar refractivity (Wildman–Crippen MR) is 113 cm³/mol. The maximum atomic E-state index is 12.9. The highest BCUT2D eigenvalue weighted by Gasteiger charge is 2.20. The highest BCUT2D eigenvalue weighted by molar-refractivity contribution is 5.99. The van der Waals surface area contributed by atoms with Crippen molar-refractivity contribution in [3.8, 4) is 5.75 Å². The van der Waals surface area contributed by atoms with E-state index >= 15 is 0 Å². The lowest BCUT2D eigenvalue weighted by Gasteiger charge is -2.22. The number of carbonyl (C=O) groups is 2. The number of carbonyl (C=O) groups excluding carboxylic acids is 2. The number of nitrogens with one attached hydrogen (secondary N) is 2. The molecule has 8 nitrogen and oxygen atoms in total. The minimum Gasteiger partial charge on any atom is -0.497 e. The van der Waals surface area contributed by atoms with Crippen LogP contribution in [0.25, 0.3) is 21.9 Å². The number of hydrogen-bond donors (Lipinski definition) is 2. The van der Waals surface area contributed by atoms with E-state index < -0.39 is 6.09 Å². The molecule has 8 heteroatoms. The predicted octanol–water partition coefficient (Wildman–Crippen LogP) is 3.07. The summed E-state index contributed by atoms with van der Waals surface area (Å²) in [4.78, 5) is 37.0. The molecule has 1 atom stereocenters. The molecule has 158 valence electrons. The molecule has 0 aliphatic heterocycles. The Bertz CT molecular complexity index is 1150. The molecule has 0 saturated carbocycles. The molecule has 1 aromatic heterocycles. The molecule has 0 aliphatic carbocycles. The first-order valence-electron chi connectivity index (χ1n) is 9.54. The summed E-state index contributed by atoms with van der Waals surface area (Å²) in [5, 5.41) is 5.93. The second-order valence-electron chi connectivity index (χ2n) is 7.18. The number of alkyl carbamates (subject to hydrolysis) is 1. The van der Waals surface area contributed by atoms with Gasteiger partial charge in [-0.2, -0.15) is 0 Å². The Morgan fingerprint density at radius 2 is 1.83 bits per heavy atom. The van der Waals surface area contributed by atoms with Crippen LogP contribution in [0.2, 0.25) is 0 Å². The van der Waals surface area contributed by atoms with Crippen molar-refractivity contribution < 1.29 is 23.5 Å². The van der Waals surface area contributed by atoms with Gasteiger partial charge in [0.2, 0.25) is 5.43 Å². The summed E-state index contributed by atoms with van der Waals surface area (Å²) in [6.07, 6.45) is -0.568. The van der Waals surface area contributed by atoms with Crippen molar-refractivity contribution in [3.63, 3.8) is 0 Å². The Balaban J connectivity index is 1.91. The Labute approximate surface area is 173 Å². The van der Waals surface area contributed by atoms with Crippen molar-refractivity contribution in [3.05, 3.63) is 52.2 Å². The lowest BCUT2D eigenvalue weighted by Crippen LogP contribution is -2.43. The van der Waals surface area contributed by atoms with Crippen molar-refractivity contribution >= 4 is 33.9 Å². The molecule has 1 heterocycles. The number of benzene rings is 2. The summed E-state index contributed by atoms with van der Waals surface area (Å²) in [6, 6.07) is 9.28. The molecular weight excluding hydrogens is 388 g/mol. The summed E-state index contributed by atoms with van der Waals surface area (Å²) in [6.45, 7) is 3.85. The monoisotopic (exact) mass is 412 g/mol. The fourth-order valence-corrected chi connectivity index (χ4v) is 2.99. The number of methoxy groups -OCH3 is 1. The highest BCUT2D eigenvalue weighted by Crippen LogP contribution is 2.23. The normalized spacial score (nSPS) is 12.0. The van der Waals surface area contributed by atoms with Crippen LogP contribution in [0.15, 0.2) is 45.6 Å². The van der Waals surface area contributed by atoms with Crippen LogP contribution in [0.3, 0.4) is 0 Å². The van der Waals surface area contributed by atoms with Gasteiger partial charge in [0.25, 0.3) is 5.91 Å². The third kappa shape index (κ3) is 4.37. The van der Waals surface area contributed by atoms with E-state index in [1.54, 1.807) is 30.3 Å². The maximum Gasteiger partial charge on any atom is 0.406 e. The van der Waals surface area contributed by atoms with Gasteiger partial charge in [-0.15, -0.1) is 0 Å². The van der Waals surface area contributed by atoms with Gasteiger partial charge in [0, 0.05) is 18.7 Å². The van der Waals surface area contributed by atoms with Crippen LogP contribution in [0.4, 0.5) is 4.79 Å². The molecule has 0 fully saturated rings. The third-order valence-electron chi connectivity index (χ3n) is 4.86. The van der Waals surface area contributed by atoms with E-state index in [0.717, 1.165) is 0 Å². The fourth-order valence-electron chi connectivity index (χ4n) is 2.99. The van der Waals surface area contributed by atoms with Crippen LogP contribution >= 0.6 is 0 Å². The Hall–Kier alpha value is -3.55. The van der Waals surface area contributed by atoms with Crippen molar-refractivity contribution in [1.82, 2.24) is 10.6 Å². The minimum atomic E-state index is -0.568. The molecule has 1 unspecified atom stereocenters. The minimum absolute atomic E-state index is 0.0306. The zero-order chi connectivity index (χ0) is 21.8. The van der Waals surface area contributed by atoms with E-state index in [0.29, 0.717) is 33.3 Å². The van der Waals surface area contributed by atoms with Gasteiger partial charge in [0.15, 0.2) is 0 Å². The maximum absolute atomic E-state index is 12.9. The van der Waals surface area contributed by atoms with Crippen LogP contribution in [0.1, 0.15) is 24.2 Å². The summed E-state index contributed by atoms with van der Waals surface area (Å²) >= 11 is 0. The van der Waals surface area contributed by atoms with E-state index in [2.05, 4.69) is 10.6 Å². The first-order chi connectivity index (χ1) is 14.3. The Kier molecular flexibility index (Phi) is 6.25. The van der Waals surface area contributed by atoms with Gasteiger partial charge < -0.3 is 24.5 Å². The molecule has 2 aromatic carbocycles. The molecule has 2 N–H and O–H groups in total. The SMILES string of the molecule is CNC(=O)OCC(NC(=O)c1ccc2oc3cc(OC)ccc3c(=O)c2c1)C(C)C. The zero-order valence-electron chi connectivity index (χ0n) is 17.3. The first kappa shape index (κ1) is 21.2. The topological polar surface area (TPSA) is 107 Å². The second-order valence-corrected chi connectivity index (χ2v) is 7.18. The summed E-state index contributed by atoms with van der Waals surface area (Å²) < 4.78 is 16.1. The number of ether oxygens (including phenoxy) is 2. The largest absolute Gasteiger partial charge is 0.497 e. The molecule has 3 rings (SSSR count). The zero-order valence-corrected chi connectivity index (χ0v) is 17.3. The Morgan fingerprint density at radius 3 is 2.50 bits per heavy atom. The van der Waals surface area contributed by atoms with E-state index in [4.69, 9.17) is 13.9 Å². The lowest BCUT2D eigenvalue weighted by atomic mass is 10.0. The average Bonchev–Trinajstić information content (AvgIpc) is 2.75.